The van der Waals surface area contributed by atoms with Crippen LogP contribution in [0, 0.1) is 5.92 Å². The molecule has 2 fully saturated rings. The quantitative estimate of drug-likeness (QED) is 0.421. The number of thiophene rings is 1. The number of ketones is 1. The summed E-state index contributed by atoms with van der Waals surface area (Å²) in [4.78, 5) is 30.3. The first kappa shape index (κ1) is 24.7. The van der Waals surface area contributed by atoms with Crippen molar-refractivity contribution in [1.29, 1.82) is 0 Å². The van der Waals surface area contributed by atoms with Crippen molar-refractivity contribution in [1.82, 2.24) is 4.90 Å². The van der Waals surface area contributed by atoms with Gasteiger partial charge in [-0.2, -0.15) is 11.3 Å². The van der Waals surface area contributed by atoms with E-state index in [-0.39, 0.29) is 12.0 Å². The molecule has 1 saturated carbocycles. The number of amides is 1. The van der Waals surface area contributed by atoms with Crippen LogP contribution in [0.5, 0.6) is 0 Å². The van der Waals surface area contributed by atoms with Crippen LogP contribution in [-0.4, -0.2) is 42.8 Å². The third kappa shape index (κ3) is 5.40. The predicted molar refractivity (Wildman–Crippen MR) is 148 cm³/mol. The van der Waals surface area contributed by atoms with Crippen molar-refractivity contribution in [2.24, 2.45) is 5.92 Å². The summed E-state index contributed by atoms with van der Waals surface area (Å²) in [6.45, 7) is 6.40. The van der Waals surface area contributed by atoms with Crippen molar-refractivity contribution in [3.05, 3.63) is 82.6 Å². The van der Waals surface area contributed by atoms with Crippen LogP contribution >= 0.6 is 11.3 Å². The molecule has 1 amide bonds. The molecule has 0 bridgehead atoms. The Kier molecular flexibility index (Phi) is 7.54. The Hall–Kier alpha value is -2.96. The van der Waals surface area contributed by atoms with Crippen molar-refractivity contribution < 1.29 is 9.59 Å². The normalized spacial score (nSPS) is 22.8. The number of carbonyl (C=O) groups excluding carboxylic acids is 2. The van der Waals surface area contributed by atoms with Gasteiger partial charge in [-0.05, 0) is 83.8 Å². The SMILES string of the molecule is CC1CCC(c2cccc(NC(=O)C(=O)Cc3ccsc3)c2)(N2CCN(c3ccccc3)CC2)CC1. The van der Waals surface area contributed by atoms with Gasteiger partial charge in [0.1, 0.15) is 0 Å². The standard InChI is InChI=1S/C30H35N3O2S/c1-23-10-13-30(14-11-23,33-17-15-32(16-18-33)27-8-3-2-4-9-27)25-6-5-7-26(21-25)31-29(35)28(34)20-24-12-19-36-22-24/h2-9,12,19,21-23H,10-11,13-18,20H2,1H3,(H,31,35). The number of piperazine rings is 1. The molecule has 188 valence electrons. The molecule has 0 spiro atoms. The fourth-order valence-electron chi connectivity index (χ4n) is 5.80. The lowest BCUT2D eigenvalue weighted by molar-refractivity contribution is -0.134. The molecule has 2 aromatic carbocycles. The Morgan fingerprint density at radius 2 is 1.72 bits per heavy atom. The van der Waals surface area contributed by atoms with Crippen LogP contribution in [-0.2, 0) is 21.5 Å². The van der Waals surface area contributed by atoms with Gasteiger partial charge in [0.2, 0.25) is 5.78 Å². The molecule has 1 aliphatic carbocycles. The van der Waals surface area contributed by atoms with Crippen LogP contribution in [0.25, 0.3) is 0 Å². The third-order valence-corrected chi connectivity index (χ3v) is 8.70. The highest BCUT2D eigenvalue weighted by Gasteiger charge is 2.42. The van der Waals surface area contributed by atoms with E-state index in [1.54, 1.807) is 0 Å². The van der Waals surface area contributed by atoms with Gasteiger partial charge in [0, 0.05) is 49.5 Å². The summed E-state index contributed by atoms with van der Waals surface area (Å²) in [6, 6.07) is 20.8. The van der Waals surface area contributed by atoms with Gasteiger partial charge in [0.05, 0.1) is 0 Å². The van der Waals surface area contributed by atoms with Crippen molar-refractivity contribution in [3.63, 3.8) is 0 Å². The number of anilines is 2. The molecule has 2 heterocycles. The zero-order valence-electron chi connectivity index (χ0n) is 21.0. The summed E-state index contributed by atoms with van der Waals surface area (Å²) < 4.78 is 0. The summed E-state index contributed by atoms with van der Waals surface area (Å²) in [6.07, 6.45) is 4.79. The van der Waals surface area contributed by atoms with Gasteiger partial charge >= 0.3 is 0 Å². The lowest BCUT2D eigenvalue weighted by Crippen LogP contribution is -2.56. The molecular formula is C30H35N3O2S. The Balaban J connectivity index is 1.32. The van der Waals surface area contributed by atoms with Crippen LogP contribution in [0.15, 0.2) is 71.4 Å². The zero-order chi connectivity index (χ0) is 25.0. The van der Waals surface area contributed by atoms with Gasteiger partial charge in [0.15, 0.2) is 0 Å². The first-order valence-corrected chi connectivity index (χ1v) is 14.0. The number of para-hydroxylation sites is 1. The molecule has 6 heteroatoms. The van der Waals surface area contributed by atoms with E-state index < -0.39 is 11.7 Å². The summed E-state index contributed by atoms with van der Waals surface area (Å²) in [5, 5.41) is 6.72. The first-order valence-electron chi connectivity index (χ1n) is 13.0. The first-order chi connectivity index (χ1) is 17.5. The number of hydrogen-bond donors (Lipinski definition) is 1. The highest BCUT2D eigenvalue weighted by molar-refractivity contribution is 7.08. The van der Waals surface area contributed by atoms with Crippen LogP contribution in [0.2, 0.25) is 0 Å². The van der Waals surface area contributed by atoms with E-state index in [2.05, 4.69) is 64.5 Å². The van der Waals surface area contributed by atoms with Crippen LogP contribution in [0.3, 0.4) is 0 Å². The minimum absolute atomic E-state index is 0.0310. The Bertz CT molecular complexity index is 1160. The third-order valence-electron chi connectivity index (χ3n) is 7.96. The second-order valence-electron chi connectivity index (χ2n) is 10.3. The predicted octanol–water partition coefficient (Wildman–Crippen LogP) is 5.73. The largest absolute Gasteiger partial charge is 0.369 e. The number of benzene rings is 2. The van der Waals surface area contributed by atoms with E-state index in [0.717, 1.165) is 50.5 Å². The highest BCUT2D eigenvalue weighted by atomic mass is 32.1. The maximum absolute atomic E-state index is 12.6. The van der Waals surface area contributed by atoms with Crippen molar-refractivity contribution in [2.45, 2.75) is 44.6 Å². The maximum Gasteiger partial charge on any atom is 0.292 e. The summed E-state index contributed by atoms with van der Waals surface area (Å²) >= 11 is 1.54. The summed E-state index contributed by atoms with van der Waals surface area (Å²) in [5.41, 5.74) is 4.11. The molecule has 1 saturated heterocycles. The van der Waals surface area contributed by atoms with Crippen LogP contribution in [0.4, 0.5) is 11.4 Å². The van der Waals surface area contributed by atoms with Gasteiger partial charge < -0.3 is 10.2 Å². The molecule has 1 aliphatic heterocycles. The molecule has 36 heavy (non-hydrogen) atoms. The molecule has 2 aliphatic rings. The molecule has 1 N–H and O–H groups in total. The number of rotatable bonds is 7. The van der Waals surface area contributed by atoms with Crippen LogP contribution < -0.4 is 10.2 Å². The van der Waals surface area contributed by atoms with Gasteiger partial charge in [0.25, 0.3) is 5.91 Å². The molecule has 3 aromatic rings. The molecule has 5 nitrogen and oxygen atoms in total. The minimum Gasteiger partial charge on any atom is -0.369 e. The van der Waals surface area contributed by atoms with E-state index in [9.17, 15) is 9.59 Å². The second-order valence-corrected chi connectivity index (χ2v) is 11.1. The molecular weight excluding hydrogens is 466 g/mol. The lowest BCUT2D eigenvalue weighted by atomic mass is 9.71. The summed E-state index contributed by atoms with van der Waals surface area (Å²) in [5.74, 6) is -0.209. The van der Waals surface area contributed by atoms with Gasteiger partial charge in [-0.15, -0.1) is 0 Å². The van der Waals surface area contributed by atoms with Crippen molar-refractivity contribution >= 4 is 34.4 Å². The minimum atomic E-state index is -0.541. The van der Waals surface area contributed by atoms with E-state index in [1.807, 2.05) is 29.0 Å². The Morgan fingerprint density at radius 3 is 2.42 bits per heavy atom. The van der Waals surface area contributed by atoms with Crippen molar-refractivity contribution in [3.8, 4) is 0 Å². The number of Topliss-reactive ketones (excluding diaryl/α,β-unsaturated/α-hetero) is 1. The smallest absolute Gasteiger partial charge is 0.292 e. The lowest BCUT2D eigenvalue weighted by Gasteiger charge is -2.51. The Labute approximate surface area is 218 Å². The van der Waals surface area contributed by atoms with Gasteiger partial charge in [-0.1, -0.05) is 37.3 Å². The van der Waals surface area contributed by atoms with E-state index in [0.29, 0.717) is 5.69 Å². The zero-order valence-corrected chi connectivity index (χ0v) is 21.8. The molecule has 5 rings (SSSR count). The molecule has 0 radical (unpaired) electrons. The Morgan fingerprint density at radius 1 is 0.972 bits per heavy atom. The van der Waals surface area contributed by atoms with E-state index in [4.69, 9.17) is 0 Å². The van der Waals surface area contributed by atoms with Gasteiger partial charge in [-0.3, -0.25) is 14.5 Å². The number of nitrogens with one attached hydrogen (secondary N) is 1. The molecule has 0 atom stereocenters. The van der Waals surface area contributed by atoms with E-state index in [1.165, 1.54) is 35.4 Å². The average Bonchev–Trinajstić information content (AvgIpc) is 3.43. The van der Waals surface area contributed by atoms with Gasteiger partial charge in [-0.25, -0.2) is 0 Å². The van der Waals surface area contributed by atoms with E-state index >= 15 is 0 Å². The molecule has 1 aromatic heterocycles. The number of hydrogen-bond acceptors (Lipinski definition) is 5. The fraction of sp³-hybridized carbons (Fsp3) is 0.400. The summed E-state index contributed by atoms with van der Waals surface area (Å²) in [7, 11) is 0. The highest BCUT2D eigenvalue weighted by Crippen LogP contribution is 2.45. The maximum atomic E-state index is 12.6. The molecule has 0 unspecified atom stereocenters. The number of carbonyl (C=O) groups is 2. The number of nitrogens with zero attached hydrogens (tertiary/aromatic N) is 2. The topological polar surface area (TPSA) is 52.7 Å². The van der Waals surface area contributed by atoms with Crippen LogP contribution in [0.1, 0.15) is 43.7 Å². The monoisotopic (exact) mass is 501 g/mol. The second kappa shape index (κ2) is 11.0. The fourth-order valence-corrected chi connectivity index (χ4v) is 6.47. The van der Waals surface area contributed by atoms with Crippen molar-refractivity contribution in [2.75, 3.05) is 36.4 Å². The average molecular weight is 502 g/mol.